The van der Waals surface area contributed by atoms with Gasteiger partial charge in [0.1, 0.15) is 11.0 Å². The first-order chi connectivity index (χ1) is 6.75. The predicted octanol–water partition coefficient (Wildman–Crippen LogP) is 3.60. The minimum Gasteiger partial charge on any atom is -0.369 e. The molecule has 0 spiro atoms. The molecule has 0 aromatic carbocycles. The van der Waals surface area contributed by atoms with Crippen LogP contribution < -0.4 is 5.32 Å². The first-order valence-electron chi connectivity index (χ1n) is 4.81. The number of nitrogens with one attached hydrogen (secondary N) is 1. The van der Waals surface area contributed by atoms with E-state index < -0.39 is 0 Å². The molecule has 14 heavy (non-hydrogen) atoms. The zero-order valence-corrected chi connectivity index (χ0v) is 9.28. The molecular weight excluding hydrogens is 219 g/mol. The number of aromatic nitrogens is 1. The van der Waals surface area contributed by atoms with Gasteiger partial charge >= 0.3 is 0 Å². The van der Waals surface area contributed by atoms with E-state index in [2.05, 4.69) is 10.3 Å². The van der Waals surface area contributed by atoms with E-state index in [1.165, 1.54) is 19.3 Å². The summed E-state index contributed by atoms with van der Waals surface area (Å²) in [7, 11) is 0. The molecule has 0 amide bonds. The van der Waals surface area contributed by atoms with Crippen molar-refractivity contribution in [2.75, 3.05) is 11.9 Å². The van der Waals surface area contributed by atoms with Gasteiger partial charge in [-0.05, 0) is 30.9 Å². The molecule has 0 atom stereocenters. The first kappa shape index (κ1) is 10.1. The third-order valence-electron chi connectivity index (χ3n) is 2.59. The molecule has 2 rings (SSSR count). The maximum atomic E-state index is 5.96. The Bertz CT molecular complexity index is 324. The minimum atomic E-state index is 0.477. The summed E-state index contributed by atoms with van der Waals surface area (Å²) in [5, 5.41) is 4.34. The van der Waals surface area contributed by atoms with Crippen LogP contribution in [0.5, 0.6) is 0 Å². The van der Waals surface area contributed by atoms with Crippen molar-refractivity contribution in [3.8, 4) is 0 Å². The normalized spacial score (nSPS) is 16.4. The molecule has 2 nitrogen and oxygen atoms in total. The molecule has 1 N–H and O–H groups in total. The summed E-state index contributed by atoms with van der Waals surface area (Å²) in [5.41, 5.74) is 0. The third-order valence-corrected chi connectivity index (χ3v) is 3.11. The highest BCUT2D eigenvalue weighted by molar-refractivity contribution is 6.34. The molecular formula is C10H12Cl2N2. The fourth-order valence-corrected chi connectivity index (χ4v) is 1.80. The van der Waals surface area contributed by atoms with Crippen LogP contribution in [0.2, 0.25) is 10.2 Å². The quantitative estimate of drug-likeness (QED) is 0.804. The van der Waals surface area contributed by atoms with Crippen LogP contribution >= 0.6 is 23.2 Å². The molecule has 0 bridgehead atoms. The lowest BCUT2D eigenvalue weighted by Gasteiger charge is -2.25. The van der Waals surface area contributed by atoms with Gasteiger partial charge in [-0.3, -0.25) is 0 Å². The van der Waals surface area contributed by atoms with Gasteiger partial charge in [0.25, 0.3) is 0 Å². The zero-order chi connectivity index (χ0) is 9.97. The van der Waals surface area contributed by atoms with E-state index in [1.54, 1.807) is 12.1 Å². The molecule has 0 aliphatic heterocycles. The van der Waals surface area contributed by atoms with Gasteiger partial charge in [-0.25, -0.2) is 4.98 Å². The van der Waals surface area contributed by atoms with E-state index in [-0.39, 0.29) is 0 Å². The summed E-state index contributed by atoms with van der Waals surface area (Å²) in [6, 6.07) is 3.46. The second kappa shape index (κ2) is 4.37. The van der Waals surface area contributed by atoms with Crippen molar-refractivity contribution in [1.29, 1.82) is 0 Å². The van der Waals surface area contributed by atoms with Crippen LogP contribution in [0, 0.1) is 5.92 Å². The lowest BCUT2D eigenvalue weighted by atomic mass is 9.85. The number of hydrogen-bond donors (Lipinski definition) is 1. The second-order valence-electron chi connectivity index (χ2n) is 3.64. The van der Waals surface area contributed by atoms with Gasteiger partial charge < -0.3 is 5.32 Å². The number of nitrogens with zero attached hydrogens (tertiary/aromatic N) is 1. The third kappa shape index (κ3) is 2.31. The van der Waals surface area contributed by atoms with Gasteiger partial charge in [0.15, 0.2) is 0 Å². The number of anilines is 1. The largest absolute Gasteiger partial charge is 0.369 e. The Balaban J connectivity index is 1.96. The van der Waals surface area contributed by atoms with Crippen LogP contribution in [0.4, 0.5) is 5.82 Å². The molecule has 1 aliphatic carbocycles. The topological polar surface area (TPSA) is 24.9 Å². The molecule has 0 unspecified atom stereocenters. The van der Waals surface area contributed by atoms with Crippen LogP contribution in [0.3, 0.4) is 0 Å². The number of rotatable bonds is 3. The van der Waals surface area contributed by atoms with Crippen molar-refractivity contribution >= 4 is 29.0 Å². The van der Waals surface area contributed by atoms with E-state index in [1.807, 2.05) is 0 Å². The molecule has 1 aromatic rings. The van der Waals surface area contributed by atoms with E-state index in [4.69, 9.17) is 23.2 Å². The lowest BCUT2D eigenvalue weighted by molar-refractivity contribution is 0.333. The fraction of sp³-hybridized carbons (Fsp3) is 0.500. The van der Waals surface area contributed by atoms with Crippen LogP contribution in [-0.2, 0) is 0 Å². The molecule has 1 aromatic heterocycles. The molecule has 0 saturated heterocycles. The molecule has 76 valence electrons. The molecule has 1 fully saturated rings. The summed E-state index contributed by atoms with van der Waals surface area (Å²) in [6.07, 6.45) is 3.97. The Morgan fingerprint density at radius 2 is 2.14 bits per heavy atom. The molecule has 4 heteroatoms. The lowest BCUT2D eigenvalue weighted by Crippen LogP contribution is -2.21. The van der Waals surface area contributed by atoms with Gasteiger partial charge in [-0.1, -0.05) is 29.6 Å². The number of halogens is 2. The standard InChI is InChI=1S/C10H12Cl2N2/c11-8-4-5-9(12)14-10(8)13-6-7-2-1-3-7/h4-5,7H,1-3,6H2,(H,13,14). The van der Waals surface area contributed by atoms with E-state index in [9.17, 15) is 0 Å². The van der Waals surface area contributed by atoms with E-state index >= 15 is 0 Å². The molecule has 1 heterocycles. The Kier molecular flexibility index (Phi) is 3.14. The first-order valence-corrected chi connectivity index (χ1v) is 5.57. The molecule has 0 radical (unpaired) electrons. The van der Waals surface area contributed by atoms with Crippen LogP contribution in [-0.4, -0.2) is 11.5 Å². The summed E-state index contributed by atoms with van der Waals surface area (Å²) in [5.74, 6) is 1.48. The van der Waals surface area contributed by atoms with Crippen LogP contribution in [0.25, 0.3) is 0 Å². The Morgan fingerprint density at radius 3 is 2.79 bits per heavy atom. The minimum absolute atomic E-state index is 0.477. The Morgan fingerprint density at radius 1 is 1.36 bits per heavy atom. The van der Waals surface area contributed by atoms with Gasteiger partial charge in [0.05, 0.1) is 5.02 Å². The maximum absolute atomic E-state index is 5.96. The summed E-state index contributed by atoms with van der Waals surface area (Å²) < 4.78 is 0. The van der Waals surface area contributed by atoms with Crippen molar-refractivity contribution in [3.63, 3.8) is 0 Å². The SMILES string of the molecule is Clc1ccc(Cl)c(NCC2CCC2)n1. The van der Waals surface area contributed by atoms with Crippen molar-refractivity contribution in [1.82, 2.24) is 4.98 Å². The van der Waals surface area contributed by atoms with Gasteiger partial charge in [-0.15, -0.1) is 0 Å². The van der Waals surface area contributed by atoms with Crippen molar-refractivity contribution in [2.45, 2.75) is 19.3 Å². The van der Waals surface area contributed by atoms with E-state index in [0.717, 1.165) is 12.5 Å². The Labute approximate surface area is 93.6 Å². The average molecular weight is 231 g/mol. The van der Waals surface area contributed by atoms with Crippen molar-refractivity contribution in [3.05, 3.63) is 22.3 Å². The summed E-state index contributed by atoms with van der Waals surface area (Å²) >= 11 is 11.7. The van der Waals surface area contributed by atoms with Crippen LogP contribution in [0.1, 0.15) is 19.3 Å². The van der Waals surface area contributed by atoms with Gasteiger partial charge in [0.2, 0.25) is 0 Å². The second-order valence-corrected chi connectivity index (χ2v) is 4.44. The average Bonchev–Trinajstić information content (AvgIpc) is 2.08. The summed E-state index contributed by atoms with van der Waals surface area (Å²) in [6.45, 7) is 0.951. The highest BCUT2D eigenvalue weighted by Crippen LogP contribution is 2.28. The van der Waals surface area contributed by atoms with Crippen molar-refractivity contribution in [2.24, 2.45) is 5.92 Å². The predicted molar refractivity (Wildman–Crippen MR) is 60.1 cm³/mol. The van der Waals surface area contributed by atoms with Crippen molar-refractivity contribution < 1.29 is 0 Å². The number of hydrogen-bond acceptors (Lipinski definition) is 2. The summed E-state index contributed by atoms with van der Waals surface area (Å²) in [4.78, 5) is 4.13. The maximum Gasteiger partial charge on any atom is 0.146 e. The monoisotopic (exact) mass is 230 g/mol. The molecule has 1 saturated carbocycles. The van der Waals surface area contributed by atoms with Gasteiger partial charge in [0, 0.05) is 6.54 Å². The zero-order valence-electron chi connectivity index (χ0n) is 7.76. The Hall–Kier alpha value is -0.470. The highest BCUT2D eigenvalue weighted by Gasteiger charge is 2.17. The smallest absolute Gasteiger partial charge is 0.146 e. The fourth-order valence-electron chi connectivity index (χ4n) is 1.48. The highest BCUT2D eigenvalue weighted by atomic mass is 35.5. The van der Waals surface area contributed by atoms with Crippen LogP contribution in [0.15, 0.2) is 12.1 Å². The molecule has 1 aliphatic rings. The number of pyridine rings is 1. The van der Waals surface area contributed by atoms with Gasteiger partial charge in [-0.2, -0.15) is 0 Å². The van der Waals surface area contributed by atoms with E-state index in [0.29, 0.717) is 16.0 Å².